The summed E-state index contributed by atoms with van der Waals surface area (Å²) >= 11 is 0. The summed E-state index contributed by atoms with van der Waals surface area (Å²) in [7, 11) is 0. The molecule has 0 saturated carbocycles. The summed E-state index contributed by atoms with van der Waals surface area (Å²) in [4.78, 5) is 2.38. The maximum Gasteiger partial charge on any atom is 0.136 e. The quantitative estimate of drug-likeness (QED) is 0.161. The van der Waals surface area contributed by atoms with Gasteiger partial charge in [0.15, 0.2) is 0 Å². The molecule has 0 atom stereocenters. The van der Waals surface area contributed by atoms with Crippen molar-refractivity contribution >= 4 is 71.7 Å². The highest BCUT2D eigenvalue weighted by molar-refractivity contribution is 6.22. The van der Waals surface area contributed by atoms with Gasteiger partial charge in [0.2, 0.25) is 0 Å². The summed E-state index contributed by atoms with van der Waals surface area (Å²) in [6.45, 7) is 0. The highest BCUT2D eigenvalue weighted by Gasteiger charge is 2.20. The van der Waals surface area contributed by atoms with Crippen LogP contribution in [0.25, 0.3) is 99.2 Å². The summed E-state index contributed by atoms with van der Waals surface area (Å²) in [6, 6.07) is 80.0. The number of fused-ring (bicyclic) bond motifs is 8. The van der Waals surface area contributed by atoms with Gasteiger partial charge in [0, 0.05) is 38.6 Å². The summed E-state index contributed by atoms with van der Waals surface area (Å²) in [5.41, 5.74) is 15.9. The second kappa shape index (κ2) is 14.3. The molecule has 3 heteroatoms. The first-order valence-electron chi connectivity index (χ1n) is 20.7. The van der Waals surface area contributed by atoms with Crippen molar-refractivity contribution in [3.05, 3.63) is 224 Å². The molecule has 12 rings (SSSR count). The first-order valence-corrected chi connectivity index (χ1v) is 20.7. The second-order valence-electron chi connectivity index (χ2n) is 15.7. The maximum atomic E-state index is 6.49. The number of nitrogens with zero attached hydrogens (tertiary/aromatic N) is 1. The molecule has 0 aliphatic heterocycles. The molecule has 2 aromatic heterocycles. The van der Waals surface area contributed by atoms with Crippen molar-refractivity contribution in [3.8, 4) is 44.5 Å². The van der Waals surface area contributed by atoms with Crippen molar-refractivity contribution in [1.82, 2.24) is 0 Å². The lowest BCUT2D eigenvalue weighted by Gasteiger charge is -2.27. The van der Waals surface area contributed by atoms with Gasteiger partial charge in [0.25, 0.3) is 0 Å². The van der Waals surface area contributed by atoms with Crippen LogP contribution in [-0.4, -0.2) is 0 Å². The summed E-state index contributed by atoms with van der Waals surface area (Å²) in [5, 5.41) is 6.70. The normalized spacial score (nSPS) is 11.6. The lowest BCUT2D eigenvalue weighted by atomic mass is 9.93. The van der Waals surface area contributed by atoms with Gasteiger partial charge in [0.05, 0.1) is 0 Å². The molecule has 61 heavy (non-hydrogen) atoms. The molecule has 286 valence electrons. The van der Waals surface area contributed by atoms with Crippen LogP contribution in [0.15, 0.2) is 233 Å². The van der Waals surface area contributed by atoms with Crippen molar-refractivity contribution < 1.29 is 8.83 Å². The molecule has 0 N–H and O–H groups in total. The number of benzene rings is 10. The molecule has 0 amide bonds. The van der Waals surface area contributed by atoms with Gasteiger partial charge in [-0.2, -0.15) is 0 Å². The molecule has 0 unspecified atom stereocenters. The van der Waals surface area contributed by atoms with Crippen molar-refractivity contribution in [3.63, 3.8) is 0 Å². The van der Waals surface area contributed by atoms with Crippen molar-refractivity contribution in [1.29, 1.82) is 0 Å². The standard InChI is InChI=1S/C58H37NO2/c1-3-12-38(13-4-1)40-22-27-45(28-23-40)59(46-29-24-41(25-30-46)43-17-11-16-42(34-43)39-14-5-2-6-15-39)47-36-52(44-26-31-50-49-18-7-9-20-54(49)61-57(50)35-44)48-32-33-56-58(53(48)37-47)51-19-8-10-21-55(51)60-56/h1-37H. The Balaban J connectivity index is 1.07. The summed E-state index contributed by atoms with van der Waals surface area (Å²) in [5.74, 6) is 0. The van der Waals surface area contributed by atoms with Crippen LogP contribution < -0.4 is 4.90 Å². The minimum atomic E-state index is 0.866. The Hall–Kier alpha value is -8.14. The maximum absolute atomic E-state index is 6.49. The van der Waals surface area contributed by atoms with Gasteiger partial charge in [-0.15, -0.1) is 0 Å². The third kappa shape index (κ3) is 6.06. The first-order chi connectivity index (χ1) is 30.2. The van der Waals surface area contributed by atoms with Crippen LogP contribution in [0.4, 0.5) is 17.1 Å². The van der Waals surface area contributed by atoms with E-state index in [1.807, 2.05) is 18.2 Å². The Bertz CT molecular complexity index is 3560. The smallest absolute Gasteiger partial charge is 0.136 e. The molecule has 0 saturated heterocycles. The fourth-order valence-electron chi connectivity index (χ4n) is 9.10. The number of hydrogen-bond donors (Lipinski definition) is 0. The highest BCUT2D eigenvalue weighted by Crippen LogP contribution is 2.45. The van der Waals surface area contributed by atoms with Crippen LogP contribution in [0.5, 0.6) is 0 Å². The van der Waals surface area contributed by atoms with Gasteiger partial charge in [-0.25, -0.2) is 0 Å². The Morgan fingerprint density at radius 2 is 0.738 bits per heavy atom. The van der Waals surface area contributed by atoms with Crippen molar-refractivity contribution in [2.45, 2.75) is 0 Å². The molecule has 0 aliphatic rings. The predicted molar refractivity (Wildman–Crippen MR) is 255 cm³/mol. The van der Waals surface area contributed by atoms with Crippen LogP contribution in [0.3, 0.4) is 0 Å². The molecular formula is C58H37NO2. The lowest BCUT2D eigenvalue weighted by molar-refractivity contribution is 0.668. The predicted octanol–water partition coefficient (Wildman–Crippen LogP) is 16.8. The van der Waals surface area contributed by atoms with Gasteiger partial charge in [-0.05, 0) is 128 Å². The monoisotopic (exact) mass is 779 g/mol. The van der Waals surface area contributed by atoms with Gasteiger partial charge in [-0.3, -0.25) is 0 Å². The van der Waals surface area contributed by atoms with Gasteiger partial charge in [-0.1, -0.05) is 152 Å². The van der Waals surface area contributed by atoms with Crippen LogP contribution >= 0.6 is 0 Å². The van der Waals surface area contributed by atoms with E-state index in [4.69, 9.17) is 8.83 Å². The van der Waals surface area contributed by atoms with Gasteiger partial charge < -0.3 is 13.7 Å². The zero-order chi connectivity index (χ0) is 40.3. The van der Waals surface area contributed by atoms with Crippen molar-refractivity contribution in [2.75, 3.05) is 4.90 Å². The van der Waals surface area contributed by atoms with E-state index in [2.05, 4.69) is 211 Å². The number of hydrogen-bond acceptors (Lipinski definition) is 3. The SMILES string of the molecule is c1ccc(-c2ccc(N(c3ccc(-c4cccc(-c5ccccc5)c4)cc3)c3cc(-c4ccc5c(c4)oc4ccccc45)c4ccc5oc6ccccc6c5c4c3)cc2)cc1. The number of furan rings is 2. The Kier molecular flexibility index (Phi) is 8.17. The van der Waals surface area contributed by atoms with E-state index in [1.165, 1.54) is 27.8 Å². The Morgan fingerprint density at radius 3 is 1.43 bits per heavy atom. The number of anilines is 3. The Labute approximate surface area is 353 Å². The van der Waals surface area contributed by atoms with E-state index in [1.54, 1.807) is 0 Å². The van der Waals surface area contributed by atoms with E-state index < -0.39 is 0 Å². The molecule has 0 bridgehead atoms. The van der Waals surface area contributed by atoms with Crippen LogP contribution in [-0.2, 0) is 0 Å². The second-order valence-corrected chi connectivity index (χ2v) is 15.7. The largest absolute Gasteiger partial charge is 0.456 e. The zero-order valence-corrected chi connectivity index (χ0v) is 33.1. The minimum absolute atomic E-state index is 0.866. The van der Waals surface area contributed by atoms with E-state index in [9.17, 15) is 0 Å². The Morgan fingerprint density at radius 1 is 0.246 bits per heavy atom. The highest BCUT2D eigenvalue weighted by atomic mass is 16.3. The topological polar surface area (TPSA) is 29.5 Å². The van der Waals surface area contributed by atoms with Crippen molar-refractivity contribution in [2.24, 2.45) is 0 Å². The molecule has 0 aliphatic carbocycles. The van der Waals surface area contributed by atoms with E-state index in [-0.39, 0.29) is 0 Å². The van der Waals surface area contributed by atoms with Gasteiger partial charge in [0.1, 0.15) is 22.3 Å². The molecule has 0 radical (unpaired) electrons. The molecular weight excluding hydrogens is 743 g/mol. The fraction of sp³-hybridized carbons (Fsp3) is 0. The molecule has 0 fully saturated rings. The molecule has 2 heterocycles. The van der Waals surface area contributed by atoms with Crippen LogP contribution in [0.1, 0.15) is 0 Å². The minimum Gasteiger partial charge on any atom is -0.456 e. The number of rotatable bonds is 7. The van der Waals surface area contributed by atoms with Crippen LogP contribution in [0.2, 0.25) is 0 Å². The third-order valence-corrected chi connectivity index (χ3v) is 12.1. The molecule has 12 aromatic rings. The molecule has 3 nitrogen and oxygen atoms in total. The summed E-state index contributed by atoms with van der Waals surface area (Å²) < 4.78 is 12.9. The average Bonchev–Trinajstić information content (AvgIpc) is 3.91. The lowest BCUT2D eigenvalue weighted by Crippen LogP contribution is -2.10. The van der Waals surface area contributed by atoms with E-state index >= 15 is 0 Å². The summed E-state index contributed by atoms with van der Waals surface area (Å²) in [6.07, 6.45) is 0. The average molecular weight is 780 g/mol. The third-order valence-electron chi connectivity index (χ3n) is 12.1. The number of para-hydroxylation sites is 2. The molecule has 10 aromatic carbocycles. The van der Waals surface area contributed by atoms with Crippen LogP contribution in [0, 0.1) is 0 Å². The zero-order valence-electron chi connectivity index (χ0n) is 33.1. The van der Waals surface area contributed by atoms with E-state index in [0.29, 0.717) is 0 Å². The van der Waals surface area contributed by atoms with Gasteiger partial charge >= 0.3 is 0 Å². The first kappa shape index (κ1) is 34.9. The fourth-order valence-corrected chi connectivity index (χ4v) is 9.10. The molecule has 0 spiro atoms. The van der Waals surface area contributed by atoms with E-state index in [0.717, 1.165) is 88.4 Å².